The molecule has 0 radical (unpaired) electrons. The molecule has 0 bridgehead atoms. The van der Waals surface area contributed by atoms with Crippen LogP contribution in [0.3, 0.4) is 0 Å². The lowest BCUT2D eigenvalue weighted by Gasteiger charge is -2.53. The molecule has 22 atom stereocenters. The van der Waals surface area contributed by atoms with E-state index in [9.17, 15) is 14.7 Å². The highest BCUT2D eigenvalue weighted by atomic mass is 16.6. The first-order chi connectivity index (χ1) is 40.4. The van der Waals surface area contributed by atoms with Crippen molar-refractivity contribution in [3.05, 3.63) is 105 Å². The van der Waals surface area contributed by atoms with E-state index in [4.69, 9.17) is 24.5 Å². The molecule has 2 aromatic rings. The predicted octanol–water partition coefficient (Wildman–Crippen LogP) is 16.4. The van der Waals surface area contributed by atoms with Gasteiger partial charge in [0.25, 0.3) is 0 Å². The number of amides is 2. The summed E-state index contributed by atoms with van der Waals surface area (Å²) in [6.07, 6.45) is 22.5. The smallest absolute Gasteiger partial charge is 0.410 e. The first-order valence-corrected chi connectivity index (χ1v) is 33.8. The van der Waals surface area contributed by atoms with Crippen LogP contribution in [0.2, 0.25) is 0 Å². The fraction of sp³-hybridized carbons (Fsp3) is 0.750. The number of benzene rings is 2. The lowest BCUT2D eigenvalue weighted by atomic mass is 9.52. The third kappa shape index (κ3) is 10.3. The van der Waals surface area contributed by atoms with Gasteiger partial charge < -0.3 is 33.9 Å². The Morgan fingerprint density at radius 1 is 0.619 bits per heavy atom. The largest absolute Gasteiger partial charge is 0.445 e. The third-order valence-electron chi connectivity index (χ3n) is 26.5. The van der Waals surface area contributed by atoms with Gasteiger partial charge in [-0.15, -0.1) is 0 Å². The maximum atomic E-state index is 13.5. The van der Waals surface area contributed by atoms with Crippen LogP contribution in [0.1, 0.15) is 195 Å². The summed E-state index contributed by atoms with van der Waals surface area (Å²) in [4.78, 5) is 34.3. The number of rotatable bonds is 5. The van der Waals surface area contributed by atoms with E-state index in [2.05, 4.69) is 65.4 Å². The molecule has 14 rings (SSSR count). The number of fused-ring (bicyclic) bond motifs is 12. The predicted molar refractivity (Wildman–Crippen MR) is 327 cm³/mol. The van der Waals surface area contributed by atoms with Crippen molar-refractivity contribution in [1.29, 1.82) is 0 Å². The number of likely N-dealkylation sites (tertiary alicyclic amines) is 2. The van der Waals surface area contributed by atoms with E-state index in [-0.39, 0.29) is 71.7 Å². The zero-order valence-electron chi connectivity index (χ0n) is 52.3. The van der Waals surface area contributed by atoms with Crippen molar-refractivity contribution < 1.29 is 33.6 Å². The van der Waals surface area contributed by atoms with Gasteiger partial charge in [-0.2, -0.15) is 0 Å². The molecule has 12 heteroatoms. The van der Waals surface area contributed by atoms with Crippen molar-refractivity contribution in [2.24, 2.45) is 87.0 Å². The zero-order valence-corrected chi connectivity index (χ0v) is 52.3. The van der Waals surface area contributed by atoms with Crippen molar-refractivity contribution in [1.82, 2.24) is 9.80 Å². The molecule has 2 aromatic carbocycles. The van der Waals surface area contributed by atoms with Crippen LogP contribution in [0, 0.1) is 81.8 Å². The molecular formula is C72H101N5O7. The molecule has 0 aromatic heterocycles. The van der Waals surface area contributed by atoms with Crippen molar-refractivity contribution in [2.45, 2.75) is 245 Å². The number of azide groups is 1. The molecule has 1 unspecified atom stereocenters. The summed E-state index contributed by atoms with van der Waals surface area (Å²) in [5.41, 5.74) is 18.1. The summed E-state index contributed by atoms with van der Waals surface area (Å²) < 4.78 is 26.1. The summed E-state index contributed by atoms with van der Waals surface area (Å²) in [5, 5.41) is 14.6. The minimum absolute atomic E-state index is 0.0727. The Kier molecular flexibility index (Phi) is 16.0. The van der Waals surface area contributed by atoms with Gasteiger partial charge >= 0.3 is 12.2 Å². The maximum absolute atomic E-state index is 13.5. The standard InChI is InChI=1S/C36H50N4O3.C36H51NO4/c1-22-16-32-33(40(20-22)34(41)42-21-25-8-6-5-7-9-25)24(3)36(43-32)15-13-28-29-11-10-26-17-27(38-39-37)12-14-35(26,4)31(29)18-30(28)23(2)19-36;1-22-16-32-33(37(20-22)34(39)40-21-25-8-6-5-7-9-25)24(3)36(41-32)15-13-28-29-11-10-26-17-27(38)12-14-35(26,4)31(29)18-30(28)23(2)19-36/h5-9,22,24,26-29,31-33H,10-21H2,1-4H3;5-9,22,24,26-29,31-33,38H,10-21H2,1-4H3/t22-,24+,26+,27?,28-,29-,31-,32+,33-,35-,36-;22-,24+,26+,27-,28-,29-,31-,32+,33-,35-,36-/m00/s1. The van der Waals surface area contributed by atoms with Crippen LogP contribution >= 0.6 is 0 Å². The number of hydrogen-bond acceptors (Lipinski definition) is 8. The van der Waals surface area contributed by atoms with Crippen molar-refractivity contribution >= 4 is 12.2 Å². The van der Waals surface area contributed by atoms with Crippen LogP contribution < -0.4 is 0 Å². The van der Waals surface area contributed by atoms with Crippen molar-refractivity contribution in [3.8, 4) is 0 Å². The van der Waals surface area contributed by atoms with Gasteiger partial charge in [0.05, 0.1) is 41.6 Å². The Balaban J connectivity index is 0.000000157. The van der Waals surface area contributed by atoms with Gasteiger partial charge in [-0.05, 0) is 229 Å². The fourth-order valence-electron chi connectivity index (χ4n) is 22.3. The van der Waals surface area contributed by atoms with E-state index in [1.807, 2.05) is 70.5 Å². The number of hydrogen-bond donors (Lipinski definition) is 1. The summed E-state index contributed by atoms with van der Waals surface area (Å²) in [6, 6.07) is 20.3. The van der Waals surface area contributed by atoms with E-state index in [1.54, 1.807) is 22.3 Å². The highest BCUT2D eigenvalue weighted by Crippen LogP contribution is 2.68. The molecule has 12 aliphatic rings. The normalized spacial score (nSPS) is 44.5. The first-order valence-electron chi connectivity index (χ1n) is 33.8. The van der Waals surface area contributed by atoms with Gasteiger partial charge in [0.1, 0.15) is 13.2 Å². The molecule has 1 N–H and O–H groups in total. The summed E-state index contributed by atoms with van der Waals surface area (Å²) in [6.45, 7) is 21.3. The molecule has 8 aliphatic carbocycles. The maximum Gasteiger partial charge on any atom is 0.410 e. The second-order valence-corrected chi connectivity index (χ2v) is 30.9. The number of allylic oxidation sites excluding steroid dienone is 2. The number of aliphatic hydroxyl groups excluding tert-OH is 1. The quantitative estimate of drug-likeness (QED) is 0.136. The SMILES string of the molecule is CC1=C2C[C@H]3[C@@H](CC[C@@H]4CC(N=[N+]=[N-])CC[C@@]43C)[C@@H]2CC[C@@]2(C1)O[C@@H]1C[C@H](C)CN(C(=O)OCc3ccccc3)[C@H]1[C@H]2C.CC1=C2C[C@H]3[C@@H](CC[C@@H]4C[C@@H](O)CC[C@@]43C)[C@@H]2CC[C@@]2(C1)O[C@@H]1C[C@H](C)CN(C(=O)OCc3ccccc3)[C@H]1[C@H]2C. The molecule has 6 saturated carbocycles. The molecule has 2 amide bonds. The van der Waals surface area contributed by atoms with Gasteiger partial charge in [0.15, 0.2) is 0 Å². The van der Waals surface area contributed by atoms with Crippen molar-refractivity contribution in [2.75, 3.05) is 13.1 Å². The fourth-order valence-corrected chi connectivity index (χ4v) is 22.3. The molecule has 456 valence electrons. The number of carbonyl (C=O) groups excluding carboxylic acids is 2. The van der Waals surface area contributed by atoms with E-state index >= 15 is 0 Å². The molecule has 4 saturated heterocycles. The monoisotopic (exact) mass is 1150 g/mol. The zero-order chi connectivity index (χ0) is 58.5. The topological polar surface area (TPSA) is 147 Å². The van der Waals surface area contributed by atoms with Crippen LogP contribution in [0.4, 0.5) is 9.59 Å². The summed E-state index contributed by atoms with van der Waals surface area (Å²) in [7, 11) is 0. The minimum Gasteiger partial charge on any atom is -0.445 e. The van der Waals surface area contributed by atoms with Crippen LogP contribution in [0.25, 0.3) is 10.4 Å². The van der Waals surface area contributed by atoms with Gasteiger partial charge in [-0.3, -0.25) is 0 Å². The average Bonchev–Trinajstić information content (AvgIpc) is 1.72. The molecule has 10 fully saturated rings. The third-order valence-corrected chi connectivity index (χ3v) is 26.5. The summed E-state index contributed by atoms with van der Waals surface area (Å²) in [5.74, 6) is 7.15. The summed E-state index contributed by atoms with van der Waals surface area (Å²) >= 11 is 0. The van der Waals surface area contributed by atoms with Gasteiger partial charge in [0.2, 0.25) is 0 Å². The van der Waals surface area contributed by atoms with Crippen LogP contribution in [0.15, 0.2) is 88.1 Å². The Bertz CT molecular complexity index is 2870. The van der Waals surface area contributed by atoms with Crippen molar-refractivity contribution in [3.63, 3.8) is 0 Å². The average molecular weight is 1150 g/mol. The Morgan fingerprint density at radius 2 is 1.07 bits per heavy atom. The number of nitrogens with zero attached hydrogens (tertiary/aromatic N) is 5. The number of ether oxygens (including phenoxy) is 4. The van der Waals surface area contributed by atoms with Crippen LogP contribution in [-0.4, -0.2) is 87.8 Å². The Morgan fingerprint density at radius 3 is 1.54 bits per heavy atom. The molecule has 4 heterocycles. The van der Waals surface area contributed by atoms with Gasteiger partial charge in [-0.1, -0.05) is 130 Å². The second-order valence-electron chi connectivity index (χ2n) is 30.9. The van der Waals surface area contributed by atoms with Crippen LogP contribution in [-0.2, 0) is 32.2 Å². The van der Waals surface area contributed by atoms with E-state index < -0.39 is 0 Å². The minimum atomic E-state index is -0.206. The lowest BCUT2D eigenvalue weighted by Crippen LogP contribution is -2.54. The Labute approximate surface area is 502 Å². The molecule has 12 nitrogen and oxygen atoms in total. The molecular weight excluding hydrogens is 1050 g/mol. The second kappa shape index (κ2) is 23.0. The lowest BCUT2D eigenvalue weighted by molar-refractivity contribution is -0.0832. The number of carbonyl (C=O) groups is 2. The number of piperidine rings is 2. The van der Waals surface area contributed by atoms with Gasteiger partial charge in [0, 0.05) is 35.9 Å². The van der Waals surface area contributed by atoms with E-state index in [0.717, 1.165) is 112 Å². The highest BCUT2D eigenvalue weighted by molar-refractivity contribution is 5.69. The number of aliphatic hydroxyl groups is 1. The molecule has 84 heavy (non-hydrogen) atoms. The van der Waals surface area contributed by atoms with Crippen LogP contribution in [0.5, 0.6) is 0 Å². The van der Waals surface area contributed by atoms with Gasteiger partial charge in [-0.25, -0.2) is 9.59 Å². The molecule has 4 aliphatic heterocycles. The Hall–Kier alpha value is -4.35. The van der Waals surface area contributed by atoms with E-state index in [1.165, 1.54) is 64.2 Å². The van der Waals surface area contributed by atoms with E-state index in [0.29, 0.717) is 59.6 Å². The first kappa shape index (κ1) is 58.7. The highest BCUT2D eigenvalue weighted by Gasteiger charge is 2.63. The molecule has 2 spiro atoms.